The second-order valence-corrected chi connectivity index (χ2v) is 12.2. The molecule has 2 heterocycles. The Morgan fingerprint density at radius 2 is 1.71 bits per heavy atom. The molecule has 1 saturated heterocycles. The smallest absolute Gasteiger partial charge is 0.384 e. The highest BCUT2D eigenvalue weighted by molar-refractivity contribution is 5.97. The average molecular weight is 534 g/mol. The number of halogens is 3. The van der Waals surface area contributed by atoms with Crippen molar-refractivity contribution in [3.05, 3.63) is 41.1 Å². The molecule has 0 unspecified atom stereocenters. The number of anilines is 1. The molecule has 0 radical (unpaired) electrons. The van der Waals surface area contributed by atoms with Crippen LogP contribution in [-0.2, 0) is 17.5 Å². The van der Waals surface area contributed by atoms with E-state index in [-0.39, 0.29) is 23.1 Å². The van der Waals surface area contributed by atoms with Gasteiger partial charge in [-0.05, 0) is 67.7 Å². The van der Waals surface area contributed by atoms with Crippen molar-refractivity contribution in [2.24, 2.45) is 11.3 Å². The fraction of sp³-hybridized carbons (Fsp3) is 0.633. The molecule has 2 aromatic rings. The zero-order valence-electron chi connectivity index (χ0n) is 23.1. The summed E-state index contributed by atoms with van der Waals surface area (Å²) < 4.78 is 50.1. The third kappa shape index (κ3) is 7.13. The minimum atomic E-state index is -4.50. The SMILES string of the molecule is Cc1c(C(=O)NC2CCOCC2)cc(-c2ccc(NCC(C)(C)C)c(C(F)(F)F)c2)n1CC1CCCCC1. The van der Waals surface area contributed by atoms with Crippen molar-refractivity contribution < 1.29 is 22.7 Å². The van der Waals surface area contributed by atoms with Gasteiger partial charge < -0.3 is 19.9 Å². The van der Waals surface area contributed by atoms with Gasteiger partial charge in [0.1, 0.15) is 0 Å². The first kappa shape index (κ1) is 28.5. The van der Waals surface area contributed by atoms with Crippen molar-refractivity contribution >= 4 is 11.6 Å². The lowest BCUT2D eigenvalue weighted by molar-refractivity contribution is -0.136. The molecule has 5 nitrogen and oxygen atoms in total. The molecule has 8 heteroatoms. The quantitative estimate of drug-likeness (QED) is 0.389. The number of hydrogen-bond acceptors (Lipinski definition) is 3. The van der Waals surface area contributed by atoms with Crippen molar-refractivity contribution in [2.75, 3.05) is 25.1 Å². The average Bonchev–Trinajstić information content (AvgIpc) is 3.19. The summed E-state index contributed by atoms with van der Waals surface area (Å²) in [4.78, 5) is 13.3. The monoisotopic (exact) mass is 533 g/mol. The van der Waals surface area contributed by atoms with Crippen molar-refractivity contribution in [3.63, 3.8) is 0 Å². The van der Waals surface area contributed by atoms with Gasteiger partial charge >= 0.3 is 6.18 Å². The minimum absolute atomic E-state index is 0.0470. The van der Waals surface area contributed by atoms with Gasteiger partial charge in [-0.3, -0.25) is 4.79 Å². The van der Waals surface area contributed by atoms with Crippen LogP contribution in [0.25, 0.3) is 11.3 Å². The van der Waals surface area contributed by atoms with Crippen LogP contribution >= 0.6 is 0 Å². The lowest BCUT2D eigenvalue weighted by Gasteiger charge is -2.25. The molecule has 4 rings (SSSR count). The summed E-state index contributed by atoms with van der Waals surface area (Å²) in [5.74, 6) is 0.285. The number of alkyl halides is 3. The lowest BCUT2D eigenvalue weighted by atomic mass is 9.89. The normalized spacial score (nSPS) is 18.0. The topological polar surface area (TPSA) is 55.3 Å². The predicted molar refractivity (Wildman–Crippen MR) is 145 cm³/mol. The molecule has 38 heavy (non-hydrogen) atoms. The maximum atomic E-state index is 14.2. The van der Waals surface area contributed by atoms with Gasteiger partial charge in [-0.15, -0.1) is 0 Å². The van der Waals surface area contributed by atoms with Crippen LogP contribution < -0.4 is 10.6 Å². The molecule has 1 saturated carbocycles. The van der Waals surface area contributed by atoms with E-state index in [0.717, 1.165) is 31.4 Å². The first-order valence-corrected chi connectivity index (χ1v) is 14.0. The Labute approximate surface area is 224 Å². The summed E-state index contributed by atoms with van der Waals surface area (Å²) in [6.45, 7) is 10.2. The number of rotatable bonds is 7. The largest absolute Gasteiger partial charge is 0.418 e. The van der Waals surface area contributed by atoms with Crippen LogP contribution in [0.1, 0.15) is 87.3 Å². The molecule has 1 aliphatic carbocycles. The Morgan fingerprint density at radius 3 is 2.34 bits per heavy atom. The molecule has 210 valence electrons. The molecular weight excluding hydrogens is 491 g/mol. The molecule has 0 bridgehead atoms. The van der Waals surface area contributed by atoms with Gasteiger partial charge in [0.15, 0.2) is 0 Å². The molecule has 1 aromatic heterocycles. The van der Waals surface area contributed by atoms with Crippen molar-refractivity contribution in [1.29, 1.82) is 0 Å². The summed E-state index contributed by atoms with van der Waals surface area (Å²) >= 11 is 0. The summed E-state index contributed by atoms with van der Waals surface area (Å²) in [5.41, 5.74) is 1.71. The highest BCUT2D eigenvalue weighted by atomic mass is 19.4. The Morgan fingerprint density at radius 1 is 1.03 bits per heavy atom. The number of nitrogens with one attached hydrogen (secondary N) is 2. The minimum Gasteiger partial charge on any atom is -0.384 e. The molecule has 1 aromatic carbocycles. The van der Waals surface area contributed by atoms with E-state index in [1.165, 1.54) is 31.4 Å². The third-order valence-corrected chi connectivity index (χ3v) is 7.76. The fourth-order valence-electron chi connectivity index (χ4n) is 5.54. The zero-order valence-corrected chi connectivity index (χ0v) is 23.1. The molecule has 0 atom stereocenters. The summed E-state index contributed by atoms with van der Waals surface area (Å²) in [5, 5.41) is 6.12. The molecule has 2 fully saturated rings. The number of benzene rings is 1. The Kier molecular flexibility index (Phi) is 8.80. The van der Waals surface area contributed by atoms with E-state index in [9.17, 15) is 18.0 Å². The van der Waals surface area contributed by atoms with Crippen LogP contribution in [0.2, 0.25) is 0 Å². The van der Waals surface area contributed by atoms with Crippen LogP contribution in [0.3, 0.4) is 0 Å². The van der Waals surface area contributed by atoms with Gasteiger partial charge in [0.2, 0.25) is 0 Å². The van der Waals surface area contributed by atoms with E-state index in [4.69, 9.17) is 4.74 Å². The van der Waals surface area contributed by atoms with E-state index in [1.807, 2.05) is 27.7 Å². The van der Waals surface area contributed by atoms with Gasteiger partial charge in [0.25, 0.3) is 5.91 Å². The number of nitrogens with zero attached hydrogens (tertiary/aromatic N) is 1. The van der Waals surface area contributed by atoms with E-state index in [1.54, 1.807) is 12.1 Å². The van der Waals surface area contributed by atoms with E-state index < -0.39 is 11.7 Å². The second-order valence-electron chi connectivity index (χ2n) is 12.2. The van der Waals surface area contributed by atoms with Crippen LogP contribution in [0.4, 0.5) is 18.9 Å². The van der Waals surface area contributed by atoms with Crippen LogP contribution in [0, 0.1) is 18.3 Å². The van der Waals surface area contributed by atoms with E-state index in [0.29, 0.717) is 49.0 Å². The maximum Gasteiger partial charge on any atom is 0.418 e. The Bertz CT molecular complexity index is 1110. The van der Waals surface area contributed by atoms with Gasteiger partial charge in [-0.25, -0.2) is 0 Å². The number of amides is 1. The van der Waals surface area contributed by atoms with E-state index >= 15 is 0 Å². The van der Waals surface area contributed by atoms with Crippen LogP contribution in [-0.4, -0.2) is 36.3 Å². The number of hydrogen-bond donors (Lipinski definition) is 2. The zero-order chi connectivity index (χ0) is 27.5. The molecule has 2 N–H and O–H groups in total. The standard InChI is InChI=1S/C30H42F3N3O2/c1-20-24(28(37)35-23-12-14-38-15-13-23)17-27(36(20)18-21-8-6-5-7-9-21)22-10-11-26(34-19-29(2,3)4)25(16-22)30(31,32)33/h10-11,16-17,21,23,34H,5-9,12-15,18-19H2,1-4H3,(H,35,37). The molecule has 1 aliphatic heterocycles. The van der Waals surface area contributed by atoms with Gasteiger partial charge in [-0.1, -0.05) is 46.1 Å². The predicted octanol–water partition coefficient (Wildman–Crippen LogP) is 7.43. The number of carbonyl (C=O) groups excluding carboxylic acids is 1. The molecule has 2 aliphatic rings. The summed E-state index contributed by atoms with van der Waals surface area (Å²) in [7, 11) is 0. The van der Waals surface area contributed by atoms with Crippen LogP contribution in [0.5, 0.6) is 0 Å². The van der Waals surface area contributed by atoms with E-state index in [2.05, 4.69) is 15.2 Å². The van der Waals surface area contributed by atoms with Gasteiger partial charge in [-0.2, -0.15) is 13.2 Å². The number of carbonyl (C=O) groups is 1. The summed E-state index contributed by atoms with van der Waals surface area (Å²) in [6, 6.07) is 6.33. The third-order valence-electron chi connectivity index (χ3n) is 7.76. The molecule has 0 spiro atoms. The molecule has 1 amide bonds. The Balaban J connectivity index is 1.71. The molecular formula is C30H42F3N3O2. The highest BCUT2D eigenvalue weighted by Gasteiger charge is 2.35. The first-order chi connectivity index (χ1) is 17.9. The van der Waals surface area contributed by atoms with Gasteiger partial charge in [0.05, 0.1) is 11.1 Å². The lowest BCUT2D eigenvalue weighted by Crippen LogP contribution is -2.39. The van der Waals surface area contributed by atoms with Crippen molar-refractivity contribution in [2.45, 2.75) is 91.4 Å². The first-order valence-electron chi connectivity index (χ1n) is 14.0. The summed E-state index contributed by atoms with van der Waals surface area (Å²) in [6.07, 6.45) is 2.79. The number of aromatic nitrogens is 1. The number of ether oxygens (including phenoxy) is 1. The fourth-order valence-corrected chi connectivity index (χ4v) is 5.54. The Hall–Kier alpha value is -2.48. The van der Waals surface area contributed by atoms with Crippen molar-refractivity contribution in [3.8, 4) is 11.3 Å². The van der Waals surface area contributed by atoms with Gasteiger partial charge in [0, 0.05) is 49.4 Å². The highest BCUT2D eigenvalue weighted by Crippen LogP contribution is 2.39. The second kappa shape index (κ2) is 11.7. The van der Waals surface area contributed by atoms with Crippen molar-refractivity contribution in [1.82, 2.24) is 9.88 Å². The van der Waals surface area contributed by atoms with Crippen LogP contribution in [0.15, 0.2) is 24.3 Å². The maximum absolute atomic E-state index is 14.2.